The molecule has 2 aromatic carbocycles. The number of imidazole rings is 1. The Morgan fingerprint density at radius 3 is 2.73 bits per heavy atom. The van der Waals surface area contributed by atoms with E-state index < -0.39 is 11.7 Å². The number of nitrogens with zero attached hydrogens (tertiary/aromatic N) is 3. The topological polar surface area (TPSA) is 64.9 Å². The first-order chi connectivity index (χ1) is 14.4. The number of aromatic nitrogens is 2. The summed E-state index contributed by atoms with van der Waals surface area (Å²) in [6.07, 6.45) is -2.73. The summed E-state index contributed by atoms with van der Waals surface area (Å²) in [5.41, 5.74) is 2.23. The molecule has 0 unspecified atom stereocenters. The highest BCUT2D eigenvalue weighted by Crippen LogP contribution is 2.31. The molecular formula is C22H19F3N4O. The molecule has 0 amide bonds. The van der Waals surface area contributed by atoms with Crippen molar-refractivity contribution in [2.75, 3.05) is 19.8 Å². The molecule has 4 rings (SSSR count). The van der Waals surface area contributed by atoms with E-state index in [4.69, 9.17) is 10.00 Å². The van der Waals surface area contributed by atoms with E-state index in [-0.39, 0.29) is 6.04 Å². The van der Waals surface area contributed by atoms with Crippen molar-refractivity contribution >= 4 is 0 Å². The van der Waals surface area contributed by atoms with E-state index in [9.17, 15) is 13.2 Å². The molecule has 154 valence electrons. The lowest BCUT2D eigenvalue weighted by Gasteiger charge is -2.34. The lowest BCUT2D eigenvalue weighted by atomic mass is 10.1. The van der Waals surface area contributed by atoms with Crippen LogP contribution in [0, 0.1) is 11.3 Å². The Morgan fingerprint density at radius 2 is 2.00 bits per heavy atom. The maximum absolute atomic E-state index is 12.8. The number of ether oxygens (including phenoxy) is 1. The van der Waals surface area contributed by atoms with Crippen LogP contribution >= 0.6 is 0 Å². The van der Waals surface area contributed by atoms with Crippen molar-refractivity contribution in [3.63, 3.8) is 0 Å². The zero-order valence-corrected chi connectivity index (χ0v) is 16.0. The van der Waals surface area contributed by atoms with E-state index >= 15 is 0 Å². The van der Waals surface area contributed by atoms with Gasteiger partial charge in [-0.05, 0) is 35.4 Å². The molecule has 1 aromatic heterocycles. The average Bonchev–Trinajstić information content (AvgIpc) is 3.24. The Kier molecular flexibility index (Phi) is 5.57. The van der Waals surface area contributed by atoms with Gasteiger partial charge in [-0.15, -0.1) is 0 Å². The van der Waals surface area contributed by atoms with Crippen LogP contribution in [0.3, 0.4) is 0 Å². The molecule has 0 bridgehead atoms. The Morgan fingerprint density at radius 1 is 1.20 bits per heavy atom. The Balaban J connectivity index is 1.54. The molecule has 0 radical (unpaired) electrons. The summed E-state index contributed by atoms with van der Waals surface area (Å²) in [5, 5.41) is 9.11. The van der Waals surface area contributed by atoms with Gasteiger partial charge >= 0.3 is 6.18 Å². The maximum Gasteiger partial charge on any atom is 0.416 e. The van der Waals surface area contributed by atoms with Gasteiger partial charge < -0.3 is 9.72 Å². The molecule has 1 N–H and O–H groups in total. The number of aromatic amines is 1. The summed E-state index contributed by atoms with van der Waals surface area (Å²) >= 11 is 0. The Bertz CT molecular complexity index is 1050. The Labute approximate surface area is 171 Å². The van der Waals surface area contributed by atoms with E-state index in [1.165, 1.54) is 12.1 Å². The minimum Gasteiger partial charge on any atom is -0.378 e. The van der Waals surface area contributed by atoms with Crippen LogP contribution in [-0.4, -0.2) is 34.6 Å². The standard InChI is InChI=1S/C22H19F3N4O/c23-22(24,25)18-6-4-17(5-7-18)19-12-27-21(28-19)20-14-30-9-8-29(20)13-16-3-1-2-15(10-16)11-26/h1-7,10,12,20H,8-9,13-14H2,(H,27,28)/t20-/m0/s1. The molecule has 1 fully saturated rings. The third-order valence-electron chi connectivity index (χ3n) is 5.12. The van der Waals surface area contributed by atoms with Crippen LogP contribution in [-0.2, 0) is 17.5 Å². The van der Waals surface area contributed by atoms with Gasteiger partial charge in [-0.3, -0.25) is 4.90 Å². The SMILES string of the molecule is N#Cc1cccc(CN2CCOC[C@H]2c2ncc(-c3ccc(C(F)(F)F)cc3)[nH]2)c1. The van der Waals surface area contributed by atoms with Crippen LogP contribution < -0.4 is 0 Å². The van der Waals surface area contributed by atoms with Crippen LogP contribution in [0.15, 0.2) is 54.7 Å². The average molecular weight is 412 g/mol. The smallest absolute Gasteiger partial charge is 0.378 e. The molecule has 8 heteroatoms. The second-order valence-corrected chi connectivity index (χ2v) is 7.13. The number of alkyl halides is 3. The number of nitrogens with one attached hydrogen (secondary N) is 1. The number of rotatable bonds is 4. The molecule has 3 aromatic rings. The van der Waals surface area contributed by atoms with Gasteiger partial charge in [0.15, 0.2) is 0 Å². The number of benzene rings is 2. The molecule has 0 saturated carbocycles. The third kappa shape index (κ3) is 4.37. The zero-order valence-electron chi connectivity index (χ0n) is 16.0. The quantitative estimate of drug-likeness (QED) is 0.683. The van der Waals surface area contributed by atoms with Crippen LogP contribution in [0.2, 0.25) is 0 Å². The molecule has 0 aliphatic carbocycles. The van der Waals surface area contributed by atoms with Gasteiger partial charge in [0.25, 0.3) is 0 Å². The van der Waals surface area contributed by atoms with Crippen molar-refractivity contribution in [3.8, 4) is 17.3 Å². The number of H-pyrrole nitrogens is 1. The van der Waals surface area contributed by atoms with E-state index in [0.29, 0.717) is 48.9 Å². The molecule has 1 aliphatic rings. The third-order valence-corrected chi connectivity index (χ3v) is 5.12. The van der Waals surface area contributed by atoms with Gasteiger partial charge in [-0.1, -0.05) is 24.3 Å². The maximum atomic E-state index is 12.8. The van der Waals surface area contributed by atoms with Crippen LogP contribution in [0.4, 0.5) is 13.2 Å². The minimum atomic E-state index is -4.36. The summed E-state index contributed by atoms with van der Waals surface area (Å²) in [5.74, 6) is 0.695. The molecule has 5 nitrogen and oxygen atoms in total. The van der Waals surface area contributed by atoms with Crippen molar-refractivity contribution in [1.29, 1.82) is 5.26 Å². The van der Waals surface area contributed by atoms with Crippen molar-refractivity contribution in [2.45, 2.75) is 18.8 Å². The highest BCUT2D eigenvalue weighted by atomic mass is 19.4. The van der Waals surface area contributed by atoms with Crippen LogP contribution in [0.1, 0.15) is 28.6 Å². The normalized spacial score (nSPS) is 17.6. The van der Waals surface area contributed by atoms with Crippen molar-refractivity contribution < 1.29 is 17.9 Å². The van der Waals surface area contributed by atoms with Crippen LogP contribution in [0.5, 0.6) is 0 Å². The zero-order chi connectivity index (χ0) is 21.1. The van der Waals surface area contributed by atoms with Gasteiger partial charge in [-0.2, -0.15) is 18.4 Å². The van der Waals surface area contributed by atoms with E-state index in [0.717, 1.165) is 17.7 Å². The monoisotopic (exact) mass is 412 g/mol. The highest BCUT2D eigenvalue weighted by Gasteiger charge is 2.30. The van der Waals surface area contributed by atoms with Gasteiger partial charge in [0, 0.05) is 13.1 Å². The number of morpholine rings is 1. The first-order valence-electron chi connectivity index (χ1n) is 9.47. The summed E-state index contributed by atoms with van der Waals surface area (Å²) in [7, 11) is 0. The number of nitriles is 1. The fourth-order valence-electron chi connectivity index (χ4n) is 3.54. The van der Waals surface area contributed by atoms with E-state index in [1.807, 2.05) is 18.2 Å². The molecule has 0 spiro atoms. The molecular weight excluding hydrogens is 393 g/mol. The first-order valence-corrected chi connectivity index (χ1v) is 9.47. The lowest BCUT2D eigenvalue weighted by molar-refractivity contribution is -0.137. The fraction of sp³-hybridized carbons (Fsp3) is 0.273. The summed E-state index contributed by atoms with van der Waals surface area (Å²) in [6.45, 7) is 2.40. The summed E-state index contributed by atoms with van der Waals surface area (Å²) in [6, 6.07) is 14.5. The number of hydrogen-bond donors (Lipinski definition) is 1. The van der Waals surface area contributed by atoms with Crippen LogP contribution in [0.25, 0.3) is 11.3 Å². The molecule has 2 heterocycles. The predicted octanol–water partition coefficient (Wildman–Crippen LogP) is 4.54. The van der Waals surface area contributed by atoms with E-state index in [1.54, 1.807) is 12.3 Å². The fourth-order valence-corrected chi connectivity index (χ4v) is 3.54. The molecule has 1 atom stereocenters. The Hall–Kier alpha value is -3.15. The van der Waals surface area contributed by atoms with Gasteiger partial charge in [0.05, 0.1) is 48.3 Å². The van der Waals surface area contributed by atoms with Crippen molar-refractivity contribution in [3.05, 3.63) is 77.2 Å². The lowest BCUT2D eigenvalue weighted by Crippen LogP contribution is -2.39. The number of hydrogen-bond acceptors (Lipinski definition) is 4. The minimum absolute atomic E-state index is 0.118. The summed E-state index contributed by atoms with van der Waals surface area (Å²) in [4.78, 5) is 9.91. The van der Waals surface area contributed by atoms with Crippen molar-refractivity contribution in [1.82, 2.24) is 14.9 Å². The van der Waals surface area contributed by atoms with Crippen molar-refractivity contribution in [2.24, 2.45) is 0 Å². The largest absolute Gasteiger partial charge is 0.416 e. The predicted molar refractivity (Wildman–Crippen MR) is 104 cm³/mol. The first kappa shape index (κ1) is 20.1. The second kappa shape index (κ2) is 8.30. The van der Waals surface area contributed by atoms with Gasteiger partial charge in [0.1, 0.15) is 5.82 Å². The molecule has 1 saturated heterocycles. The van der Waals surface area contributed by atoms with E-state index in [2.05, 4.69) is 20.9 Å². The van der Waals surface area contributed by atoms with Gasteiger partial charge in [0.2, 0.25) is 0 Å². The number of halogens is 3. The highest BCUT2D eigenvalue weighted by molar-refractivity contribution is 5.59. The summed E-state index contributed by atoms with van der Waals surface area (Å²) < 4.78 is 44.0. The molecule has 1 aliphatic heterocycles. The van der Waals surface area contributed by atoms with Gasteiger partial charge in [-0.25, -0.2) is 4.98 Å². The second-order valence-electron chi connectivity index (χ2n) is 7.13. The molecule has 30 heavy (non-hydrogen) atoms.